The number of benzene rings is 1. The molecule has 0 amide bonds. The molecule has 0 radical (unpaired) electrons. The molecule has 5 aromatic heterocycles. The van der Waals surface area contributed by atoms with E-state index in [0.29, 0.717) is 0 Å². The highest BCUT2D eigenvalue weighted by molar-refractivity contribution is 7.13. The van der Waals surface area contributed by atoms with E-state index in [2.05, 4.69) is 56.3 Å². The fourth-order valence-corrected chi connectivity index (χ4v) is 4.49. The van der Waals surface area contributed by atoms with Crippen molar-refractivity contribution in [1.29, 1.82) is 0 Å². The molecule has 6 nitrogen and oxygen atoms in total. The molecule has 0 saturated heterocycles. The van der Waals surface area contributed by atoms with Gasteiger partial charge in [0.25, 0.3) is 0 Å². The number of fused-ring (bicyclic) bond motifs is 2. The van der Waals surface area contributed by atoms with Crippen LogP contribution in [0.15, 0.2) is 66.4 Å². The van der Waals surface area contributed by atoms with E-state index in [0.717, 1.165) is 55.2 Å². The van der Waals surface area contributed by atoms with E-state index in [-0.39, 0.29) is 0 Å². The highest BCUT2D eigenvalue weighted by Crippen LogP contribution is 2.33. The summed E-state index contributed by atoms with van der Waals surface area (Å²) in [5.74, 6) is 0.724. The van der Waals surface area contributed by atoms with Crippen molar-refractivity contribution in [2.75, 3.05) is 0 Å². The summed E-state index contributed by atoms with van der Waals surface area (Å²) in [6.07, 6.45) is 5.52. The first-order valence-corrected chi connectivity index (χ1v) is 10.4. The molecule has 6 aromatic rings. The first kappa shape index (κ1) is 17.1. The van der Waals surface area contributed by atoms with Gasteiger partial charge >= 0.3 is 0 Å². The van der Waals surface area contributed by atoms with Crippen LogP contribution in [-0.4, -0.2) is 30.1 Å². The number of nitrogens with one attached hydrogen (secondary N) is 2. The molecule has 0 unspecified atom stereocenters. The number of hydrogen-bond acceptors (Lipinski definition) is 5. The van der Waals surface area contributed by atoms with Crippen LogP contribution in [0.3, 0.4) is 0 Å². The van der Waals surface area contributed by atoms with Gasteiger partial charge < -0.3 is 4.98 Å². The Hall–Kier alpha value is -3.84. The maximum Gasteiger partial charge on any atom is 0.159 e. The molecule has 0 spiro atoms. The van der Waals surface area contributed by atoms with E-state index in [1.807, 2.05) is 42.2 Å². The largest absolute Gasteiger partial charge is 0.336 e. The summed E-state index contributed by atoms with van der Waals surface area (Å²) < 4.78 is 0. The summed E-state index contributed by atoms with van der Waals surface area (Å²) >= 11 is 1.66. The minimum Gasteiger partial charge on any atom is -0.336 e. The lowest BCUT2D eigenvalue weighted by molar-refractivity contribution is 1.11. The Morgan fingerprint density at radius 1 is 0.967 bits per heavy atom. The number of imidazole rings is 1. The van der Waals surface area contributed by atoms with Crippen LogP contribution in [0.2, 0.25) is 0 Å². The van der Waals surface area contributed by atoms with Gasteiger partial charge in [0.2, 0.25) is 0 Å². The van der Waals surface area contributed by atoms with E-state index in [4.69, 9.17) is 4.98 Å². The number of aromatic nitrogens is 6. The molecule has 0 atom stereocenters. The lowest BCUT2D eigenvalue weighted by Crippen LogP contribution is -1.86. The van der Waals surface area contributed by atoms with E-state index in [1.54, 1.807) is 11.3 Å². The molecule has 0 fully saturated rings. The van der Waals surface area contributed by atoms with Gasteiger partial charge in [-0.3, -0.25) is 15.1 Å². The first-order valence-electron chi connectivity index (χ1n) is 9.56. The molecule has 1 aromatic carbocycles. The molecule has 0 bridgehead atoms. The zero-order chi connectivity index (χ0) is 20.1. The molecule has 7 heteroatoms. The van der Waals surface area contributed by atoms with Crippen molar-refractivity contribution < 1.29 is 0 Å². The highest BCUT2D eigenvalue weighted by Gasteiger charge is 2.17. The average molecular weight is 408 g/mol. The smallest absolute Gasteiger partial charge is 0.159 e. The van der Waals surface area contributed by atoms with Crippen LogP contribution in [0, 0.1) is 6.92 Å². The number of nitrogens with zero attached hydrogens (tertiary/aromatic N) is 4. The Morgan fingerprint density at radius 2 is 1.93 bits per heavy atom. The summed E-state index contributed by atoms with van der Waals surface area (Å²) in [7, 11) is 0. The van der Waals surface area contributed by atoms with Crippen LogP contribution in [0.5, 0.6) is 0 Å². The Kier molecular flexibility index (Phi) is 3.75. The molecule has 30 heavy (non-hydrogen) atoms. The molecule has 2 N–H and O–H groups in total. The topological polar surface area (TPSA) is 83.1 Å². The molecular weight excluding hydrogens is 392 g/mol. The summed E-state index contributed by atoms with van der Waals surface area (Å²) in [6, 6.07) is 14.3. The number of pyridine rings is 2. The van der Waals surface area contributed by atoms with Crippen LogP contribution in [0.4, 0.5) is 0 Å². The van der Waals surface area contributed by atoms with Crippen molar-refractivity contribution in [2.24, 2.45) is 0 Å². The Balaban J connectivity index is 1.53. The third-order valence-electron chi connectivity index (χ3n) is 5.29. The third-order valence-corrected chi connectivity index (χ3v) is 6.17. The van der Waals surface area contributed by atoms with Crippen LogP contribution in [0.25, 0.3) is 55.2 Å². The van der Waals surface area contributed by atoms with Crippen molar-refractivity contribution in [3.05, 3.63) is 72.0 Å². The van der Waals surface area contributed by atoms with E-state index < -0.39 is 0 Å². The van der Waals surface area contributed by atoms with Gasteiger partial charge in [-0.1, -0.05) is 12.1 Å². The normalized spacial score (nSPS) is 11.5. The van der Waals surface area contributed by atoms with Gasteiger partial charge in [0.15, 0.2) is 5.82 Å². The second-order valence-corrected chi connectivity index (χ2v) is 8.09. The monoisotopic (exact) mass is 408 g/mol. The number of hydrogen-bond donors (Lipinski definition) is 2. The van der Waals surface area contributed by atoms with Gasteiger partial charge in [0, 0.05) is 29.5 Å². The van der Waals surface area contributed by atoms with Gasteiger partial charge in [-0.25, -0.2) is 4.98 Å². The first-order chi connectivity index (χ1) is 14.8. The van der Waals surface area contributed by atoms with E-state index >= 15 is 0 Å². The Bertz CT molecular complexity index is 1510. The Labute approximate surface area is 175 Å². The maximum absolute atomic E-state index is 4.87. The minimum atomic E-state index is 0.724. The average Bonchev–Trinajstić information content (AvgIpc) is 3.51. The molecule has 5 heterocycles. The van der Waals surface area contributed by atoms with Gasteiger partial charge in [-0.05, 0) is 53.8 Å². The van der Waals surface area contributed by atoms with Crippen molar-refractivity contribution in [1.82, 2.24) is 30.1 Å². The zero-order valence-corrected chi connectivity index (χ0v) is 16.9. The van der Waals surface area contributed by atoms with Crippen molar-refractivity contribution >= 4 is 33.3 Å². The molecular formula is C23H16N6S. The van der Waals surface area contributed by atoms with Crippen LogP contribution >= 0.6 is 11.3 Å². The fraction of sp³-hybridized carbons (Fsp3) is 0.0435. The Morgan fingerprint density at radius 3 is 2.80 bits per heavy atom. The standard InChI is InChI=1S/C23H16N6S/c1-13-6-8-24-12-16(13)14-4-5-17-15(11-14)20(29-28-17)23-26-18-7-9-25-22(21(18)27-23)19-3-2-10-30-19/h2-12H,1H3,(H,26,27)(H,28,29). The summed E-state index contributed by atoms with van der Waals surface area (Å²) in [5.41, 5.74) is 7.84. The van der Waals surface area contributed by atoms with Crippen LogP contribution < -0.4 is 0 Å². The highest BCUT2D eigenvalue weighted by atomic mass is 32.1. The summed E-state index contributed by atoms with van der Waals surface area (Å²) in [5, 5.41) is 10.7. The molecule has 6 rings (SSSR count). The number of aromatic amines is 2. The van der Waals surface area contributed by atoms with Gasteiger partial charge in [-0.15, -0.1) is 11.3 Å². The summed E-state index contributed by atoms with van der Waals surface area (Å²) in [4.78, 5) is 18.2. The molecule has 0 aliphatic heterocycles. The lowest BCUT2D eigenvalue weighted by atomic mass is 10.0. The maximum atomic E-state index is 4.87. The molecule has 0 aliphatic carbocycles. The lowest BCUT2D eigenvalue weighted by Gasteiger charge is -2.05. The SMILES string of the molecule is Cc1ccncc1-c1ccc2[nH]nc(-c3nc4c(-c5cccs5)nccc4[nH]3)c2c1. The fourth-order valence-electron chi connectivity index (χ4n) is 3.77. The number of H-pyrrole nitrogens is 2. The molecule has 0 aliphatic rings. The quantitative estimate of drug-likeness (QED) is 0.399. The predicted octanol–water partition coefficient (Wildman–Crippen LogP) is 5.60. The van der Waals surface area contributed by atoms with Crippen molar-refractivity contribution in [3.63, 3.8) is 0 Å². The molecule has 144 valence electrons. The van der Waals surface area contributed by atoms with Crippen LogP contribution in [-0.2, 0) is 0 Å². The van der Waals surface area contributed by atoms with Crippen molar-refractivity contribution in [2.45, 2.75) is 6.92 Å². The van der Waals surface area contributed by atoms with Gasteiger partial charge in [-0.2, -0.15) is 5.10 Å². The number of thiophene rings is 1. The minimum absolute atomic E-state index is 0.724. The zero-order valence-electron chi connectivity index (χ0n) is 16.0. The summed E-state index contributed by atoms with van der Waals surface area (Å²) in [6.45, 7) is 2.09. The van der Waals surface area contributed by atoms with E-state index in [9.17, 15) is 0 Å². The second-order valence-electron chi connectivity index (χ2n) is 7.14. The molecule has 0 saturated carbocycles. The predicted molar refractivity (Wildman–Crippen MR) is 120 cm³/mol. The van der Waals surface area contributed by atoms with Gasteiger partial charge in [0.05, 0.1) is 15.9 Å². The van der Waals surface area contributed by atoms with E-state index in [1.165, 1.54) is 5.56 Å². The second kappa shape index (κ2) is 6.60. The third kappa shape index (κ3) is 2.63. The van der Waals surface area contributed by atoms with Crippen LogP contribution in [0.1, 0.15) is 5.56 Å². The number of aryl methyl sites for hydroxylation is 1. The van der Waals surface area contributed by atoms with Crippen molar-refractivity contribution in [3.8, 4) is 33.2 Å². The van der Waals surface area contributed by atoms with Gasteiger partial charge in [0.1, 0.15) is 16.9 Å². The number of rotatable bonds is 3.